The van der Waals surface area contributed by atoms with Crippen molar-refractivity contribution in [1.82, 2.24) is 19.8 Å². The number of imidazole rings is 1. The van der Waals surface area contributed by atoms with Crippen LogP contribution < -0.4 is 5.32 Å². The summed E-state index contributed by atoms with van der Waals surface area (Å²) < 4.78 is 2.16. The van der Waals surface area contributed by atoms with Crippen LogP contribution in [0.5, 0.6) is 0 Å². The summed E-state index contributed by atoms with van der Waals surface area (Å²) in [4.78, 5) is 18.5. The van der Waals surface area contributed by atoms with E-state index < -0.39 is 0 Å². The van der Waals surface area contributed by atoms with Gasteiger partial charge in [0.1, 0.15) is 0 Å². The molecule has 5 nitrogen and oxygen atoms in total. The highest BCUT2D eigenvalue weighted by Crippen LogP contribution is 2.13. The smallest absolute Gasteiger partial charge is 0.237 e. The van der Waals surface area contributed by atoms with Crippen LogP contribution in [0.4, 0.5) is 0 Å². The second-order valence-corrected chi connectivity index (χ2v) is 5.79. The molecule has 1 fully saturated rings. The van der Waals surface area contributed by atoms with Gasteiger partial charge in [-0.05, 0) is 18.9 Å². The summed E-state index contributed by atoms with van der Waals surface area (Å²) in [6.07, 6.45) is 4.76. The van der Waals surface area contributed by atoms with Crippen molar-refractivity contribution in [3.8, 4) is 0 Å². The average molecular weight is 298 g/mol. The summed E-state index contributed by atoms with van der Waals surface area (Å²) in [6, 6.07) is 10.3. The molecule has 0 unspecified atom stereocenters. The van der Waals surface area contributed by atoms with E-state index in [1.807, 2.05) is 37.6 Å². The van der Waals surface area contributed by atoms with Crippen molar-refractivity contribution in [2.24, 2.45) is 0 Å². The standard InChI is InChI=1S/C17H22N4O/c1-14-17(22)19-8-5-9-20(14)12-16-10-18-13-21(16)11-15-6-3-2-4-7-15/h2-4,6-7,10,13-14H,5,8-9,11-12H2,1H3,(H,19,22)/t14-/m0/s1. The molecule has 0 radical (unpaired) electrons. The fraction of sp³-hybridized carbons (Fsp3) is 0.412. The molecular formula is C17H22N4O. The van der Waals surface area contributed by atoms with Crippen molar-refractivity contribution < 1.29 is 4.79 Å². The van der Waals surface area contributed by atoms with E-state index in [2.05, 4.69) is 31.9 Å². The number of carbonyl (C=O) groups is 1. The number of hydrogen-bond acceptors (Lipinski definition) is 3. The number of amides is 1. The fourth-order valence-electron chi connectivity index (χ4n) is 2.83. The molecule has 2 heterocycles. The van der Waals surface area contributed by atoms with E-state index in [0.717, 1.165) is 38.3 Å². The molecule has 1 amide bonds. The Morgan fingerprint density at radius 2 is 2.09 bits per heavy atom. The number of carbonyl (C=O) groups excluding carboxylic acids is 1. The lowest BCUT2D eigenvalue weighted by atomic mass is 10.2. The average Bonchev–Trinajstić information content (AvgIpc) is 2.90. The van der Waals surface area contributed by atoms with Crippen molar-refractivity contribution in [3.63, 3.8) is 0 Å². The number of hydrogen-bond donors (Lipinski definition) is 1. The highest BCUT2D eigenvalue weighted by atomic mass is 16.2. The molecule has 0 spiro atoms. The Morgan fingerprint density at radius 1 is 1.27 bits per heavy atom. The van der Waals surface area contributed by atoms with Gasteiger partial charge in [-0.1, -0.05) is 30.3 Å². The van der Waals surface area contributed by atoms with Gasteiger partial charge in [-0.25, -0.2) is 4.98 Å². The lowest BCUT2D eigenvalue weighted by molar-refractivity contribution is -0.125. The lowest BCUT2D eigenvalue weighted by Crippen LogP contribution is -2.41. The summed E-state index contributed by atoms with van der Waals surface area (Å²) in [7, 11) is 0. The minimum absolute atomic E-state index is 0.0948. The Morgan fingerprint density at radius 3 is 2.91 bits per heavy atom. The zero-order valence-electron chi connectivity index (χ0n) is 12.9. The van der Waals surface area contributed by atoms with Crippen LogP contribution in [0.3, 0.4) is 0 Å². The SMILES string of the molecule is C[C@H]1C(=O)NCCCN1Cc1cncn1Cc1ccccc1. The summed E-state index contributed by atoms with van der Waals surface area (Å²) in [5, 5.41) is 2.96. The maximum absolute atomic E-state index is 12.0. The van der Waals surface area contributed by atoms with Gasteiger partial charge in [0, 0.05) is 32.4 Å². The molecule has 3 rings (SSSR count). The van der Waals surface area contributed by atoms with Crippen LogP contribution >= 0.6 is 0 Å². The molecule has 0 bridgehead atoms. The third-order valence-corrected chi connectivity index (χ3v) is 4.21. The van der Waals surface area contributed by atoms with Crippen LogP contribution in [0, 0.1) is 0 Å². The highest BCUT2D eigenvalue weighted by Gasteiger charge is 2.24. The van der Waals surface area contributed by atoms with Gasteiger partial charge < -0.3 is 9.88 Å². The topological polar surface area (TPSA) is 50.2 Å². The zero-order valence-corrected chi connectivity index (χ0v) is 12.9. The number of nitrogens with zero attached hydrogens (tertiary/aromatic N) is 3. The van der Waals surface area contributed by atoms with Crippen molar-refractivity contribution in [2.45, 2.75) is 32.5 Å². The Labute approximate surface area is 131 Å². The first-order valence-corrected chi connectivity index (χ1v) is 7.79. The highest BCUT2D eigenvalue weighted by molar-refractivity contribution is 5.81. The summed E-state index contributed by atoms with van der Waals surface area (Å²) in [6.45, 7) is 5.23. The van der Waals surface area contributed by atoms with Gasteiger partial charge >= 0.3 is 0 Å². The number of aromatic nitrogens is 2. The van der Waals surface area contributed by atoms with Crippen LogP contribution in [0.15, 0.2) is 42.9 Å². The van der Waals surface area contributed by atoms with Gasteiger partial charge in [-0.2, -0.15) is 0 Å². The second kappa shape index (κ2) is 6.75. The maximum atomic E-state index is 12.0. The Balaban J connectivity index is 1.73. The van der Waals surface area contributed by atoms with Gasteiger partial charge in [-0.3, -0.25) is 9.69 Å². The molecule has 116 valence electrons. The van der Waals surface area contributed by atoms with Crippen LogP contribution in [-0.2, 0) is 17.9 Å². The lowest BCUT2D eigenvalue weighted by Gasteiger charge is -2.25. The molecule has 1 aromatic heterocycles. The molecule has 1 aliphatic heterocycles. The predicted octanol–water partition coefficient (Wildman–Crippen LogP) is 1.64. The van der Waals surface area contributed by atoms with Crippen molar-refractivity contribution in [1.29, 1.82) is 0 Å². The third kappa shape index (κ3) is 3.36. The molecule has 0 aliphatic carbocycles. The monoisotopic (exact) mass is 298 g/mol. The second-order valence-electron chi connectivity index (χ2n) is 5.79. The first-order chi connectivity index (χ1) is 10.7. The molecule has 5 heteroatoms. The van der Waals surface area contributed by atoms with Crippen molar-refractivity contribution in [2.75, 3.05) is 13.1 Å². The Kier molecular flexibility index (Phi) is 4.53. The molecule has 0 saturated carbocycles. The maximum Gasteiger partial charge on any atom is 0.237 e. The van der Waals surface area contributed by atoms with E-state index in [1.165, 1.54) is 5.56 Å². The predicted molar refractivity (Wildman–Crippen MR) is 85.3 cm³/mol. The van der Waals surface area contributed by atoms with E-state index in [4.69, 9.17) is 0 Å². The molecule has 1 atom stereocenters. The minimum atomic E-state index is -0.0948. The molecule has 22 heavy (non-hydrogen) atoms. The van der Waals surface area contributed by atoms with Crippen LogP contribution in [0.25, 0.3) is 0 Å². The molecule has 1 aromatic carbocycles. The van der Waals surface area contributed by atoms with Crippen LogP contribution in [0.1, 0.15) is 24.6 Å². The summed E-state index contributed by atoms with van der Waals surface area (Å²) >= 11 is 0. The Bertz CT molecular complexity index is 623. The summed E-state index contributed by atoms with van der Waals surface area (Å²) in [5.74, 6) is 0.117. The zero-order chi connectivity index (χ0) is 15.4. The van der Waals surface area contributed by atoms with Gasteiger partial charge in [0.05, 0.1) is 18.1 Å². The summed E-state index contributed by atoms with van der Waals surface area (Å²) in [5.41, 5.74) is 2.40. The Hall–Kier alpha value is -2.14. The van der Waals surface area contributed by atoms with E-state index >= 15 is 0 Å². The van der Waals surface area contributed by atoms with Gasteiger partial charge in [-0.15, -0.1) is 0 Å². The minimum Gasteiger partial charge on any atom is -0.355 e. The normalized spacial score (nSPS) is 19.7. The number of rotatable bonds is 4. The molecule has 1 saturated heterocycles. The molecular weight excluding hydrogens is 276 g/mol. The van der Waals surface area contributed by atoms with E-state index in [0.29, 0.717) is 0 Å². The van der Waals surface area contributed by atoms with Gasteiger partial charge in [0.25, 0.3) is 0 Å². The largest absolute Gasteiger partial charge is 0.355 e. The van der Waals surface area contributed by atoms with Crippen LogP contribution in [0.2, 0.25) is 0 Å². The van der Waals surface area contributed by atoms with Crippen molar-refractivity contribution in [3.05, 3.63) is 54.1 Å². The molecule has 1 N–H and O–H groups in total. The molecule has 2 aromatic rings. The number of nitrogens with one attached hydrogen (secondary N) is 1. The third-order valence-electron chi connectivity index (χ3n) is 4.21. The van der Waals surface area contributed by atoms with E-state index in [9.17, 15) is 4.79 Å². The first-order valence-electron chi connectivity index (χ1n) is 7.79. The molecule has 1 aliphatic rings. The van der Waals surface area contributed by atoms with E-state index in [1.54, 1.807) is 0 Å². The first kappa shape index (κ1) is 14.8. The van der Waals surface area contributed by atoms with Crippen molar-refractivity contribution >= 4 is 5.91 Å². The van der Waals surface area contributed by atoms with Crippen LogP contribution in [-0.4, -0.2) is 39.5 Å². The van der Waals surface area contributed by atoms with E-state index in [-0.39, 0.29) is 11.9 Å². The van der Waals surface area contributed by atoms with Gasteiger partial charge in [0.15, 0.2) is 0 Å². The quantitative estimate of drug-likeness (QED) is 0.933. The van der Waals surface area contributed by atoms with Gasteiger partial charge in [0.2, 0.25) is 5.91 Å². The fourth-order valence-corrected chi connectivity index (χ4v) is 2.83. The number of benzene rings is 1.